The van der Waals surface area contributed by atoms with E-state index in [1.54, 1.807) is 6.20 Å². The average Bonchev–Trinajstić information content (AvgIpc) is 2.33. The molecule has 1 aliphatic rings. The molecule has 2 heterocycles. The lowest BCUT2D eigenvalue weighted by molar-refractivity contribution is 0.237. The Bertz CT molecular complexity index is 322. The summed E-state index contributed by atoms with van der Waals surface area (Å²) in [5, 5.41) is 3.24. The number of hydrogen-bond donors (Lipinski definition) is 2. The lowest BCUT2D eigenvalue weighted by atomic mass is 10.1. The highest BCUT2D eigenvalue weighted by Crippen LogP contribution is 2.11. The third-order valence-electron chi connectivity index (χ3n) is 2.91. The van der Waals surface area contributed by atoms with Gasteiger partial charge in [-0.3, -0.25) is 0 Å². The van der Waals surface area contributed by atoms with E-state index in [1.807, 2.05) is 0 Å². The minimum atomic E-state index is 0.612. The maximum Gasteiger partial charge on any atom is 0.152 e. The SMILES string of the molecule is Nc1cncnc1NCCN1CCCCC1. The molecule has 1 fully saturated rings. The van der Waals surface area contributed by atoms with Gasteiger partial charge in [-0.25, -0.2) is 9.97 Å². The fourth-order valence-electron chi connectivity index (χ4n) is 2.00. The number of likely N-dealkylation sites (tertiary alicyclic amines) is 1. The summed E-state index contributed by atoms with van der Waals surface area (Å²) >= 11 is 0. The van der Waals surface area contributed by atoms with Crippen LogP contribution in [0.15, 0.2) is 12.5 Å². The lowest BCUT2D eigenvalue weighted by Crippen LogP contribution is -2.33. The first-order valence-electron chi connectivity index (χ1n) is 5.88. The molecule has 1 aromatic rings. The van der Waals surface area contributed by atoms with Crippen LogP contribution in [0, 0.1) is 0 Å². The van der Waals surface area contributed by atoms with Crippen molar-refractivity contribution in [2.45, 2.75) is 19.3 Å². The number of nitrogens with one attached hydrogen (secondary N) is 1. The number of piperidine rings is 1. The Morgan fingerprint density at radius 3 is 2.88 bits per heavy atom. The quantitative estimate of drug-likeness (QED) is 0.792. The van der Waals surface area contributed by atoms with Gasteiger partial charge in [-0.05, 0) is 25.9 Å². The largest absolute Gasteiger partial charge is 0.394 e. The summed E-state index contributed by atoms with van der Waals surface area (Å²) in [6.45, 7) is 4.40. The number of nitrogen functional groups attached to an aromatic ring is 1. The highest BCUT2D eigenvalue weighted by atomic mass is 15.1. The molecule has 5 heteroatoms. The number of anilines is 2. The Morgan fingerprint density at radius 2 is 2.12 bits per heavy atom. The Morgan fingerprint density at radius 1 is 1.31 bits per heavy atom. The van der Waals surface area contributed by atoms with Crippen LogP contribution in [0.3, 0.4) is 0 Å². The summed E-state index contributed by atoms with van der Waals surface area (Å²) in [6, 6.07) is 0. The fourth-order valence-corrected chi connectivity index (χ4v) is 2.00. The predicted octanol–water partition coefficient (Wildman–Crippen LogP) is 0.957. The van der Waals surface area contributed by atoms with Gasteiger partial charge in [-0.15, -0.1) is 0 Å². The molecule has 0 aliphatic carbocycles. The number of hydrogen-bond acceptors (Lipinski definition) is 5. The molecule has 5 nitrogen and oxygen atoms in total. The second-order valence-electron chi connectivity index (χ2n) is 4.16. The summed E-state index contributed by atoms with van der Waals surface area (Å²) in [6.07, 6.45) is 7.17. The van der Waals surface area contributed by atoms with Crippen LogP contribution >= 0.6 is 0 Å². The molecule has 0 unspecified atom stereocenters. The van der Waals surface area contributed by atoms with Crippen LogP contribution in [0.4, 0.5) is 11.5 Å². The zero-order valence-electron chi connectivity index (χ0n) is 9.52. The van der Waals surface area contributed by atoms with Crippen molar-refractivity contribution in [2.24, 2.45) is 0 Å². The van der Waals surface area contributed by atoms with Gasteiger partial charge < -0.3 is 16.0 Å². The smallest absolute Gasteiger partial charge is 0.152 e. The van der Waals surface area contributed by atoms with Gasteiger partial charge in [-0.1, -0.05) is 6.42 Å². The van der Waals surface area contributed by atoms with Gasteiger partial charge in [0.2, 0.25) is 0 Å². The van der Waals surface area contributed by atoms with Gasteiger partial charge in [0.1, 0.15) is 6.33 Å². The molecule has 1 aliphatic heterocycles. The molecule has 0 amide bonds. The van der Waals surface area contributed by atoms with Crippen LogP contribution in [-0.2, 0) is 0 Å². The van der Waals surface area contributed by atoms with Gasteiger partial charge in [0.05, 0.1) is 11.9 Å². The summed E-state index contributed by atoms with van der Waals surface area (Å²) < 4.78 is 0. The first kappa shape index (κ1) is 11.1. The average molecular weight is 221 g/mol. The van der Waals surface area contributed by atoms with E-state index in [2.05, 4.69) is 20.2 Å². The van der Waals surface area contributed by atoms with E-state index >= 15 is 0 Å². The zero-order chi connectivity index (χ0) is 11.2. The minimum Gasteiger partial charge on any atom is -0.394 e. The van der Waals surface area contributed by atoms with Crippen molar-refractivity contribution < 1.29 is 0 Å². The molecule has 1 saturated heterocycles. The number of nitrogens with zero attached hydrogens (tertiary/aromatic N) is 3. The molecule has 1 aromatic heterocycles. The van der Waals surface area contributed by atoms with E-state index in [0.29, 0.717) is 5.69 Å². The second kappa shape index (κ2) is 5.65. The van der Waals surface area contributed by atoms with E-state index < -0.39 is 0 Å². The lowest BCUT2D eigenvalue weighted by Gasteiger charge is -2.26. The van der Waals surface area contributed by atoms with Crippen molar-refractivity contribution in [2.75, 3.05) is 37.2 Å². The molecule has 0 atom stereocenters. The van der Waals surface area contributed by atoms with Gasteiger partial charge in [-0.2, -0.15) is 0 Å². The van der Waals surface area contributed by atoms with Gasteiger partial charge in [0.25, 0.3) is 0 Å². The van der Waals surface area contributed by atoms with Crippen molar-refractivity contribution in [1.82, 2.24) is 14.9 Å². The van der Waals surface area contributed by atoms with Crippen LogP contribution in [0.1, 0.15) is 19.3 Å². The third-order valence-corrected chi connectivity index (χ3v) is 2.91. The van der Waals surface area contributed by atoms with E-state index in [1.165, 1.54) is 38.7 Å². The Balaban J connectivity index is 1.73. The zero-order valence-corrected chi connectivity index (χ0v) is 9.52. The van der Waals surface area contributed by atoms with Crippen molar-refractivity contribution in [3.05, 3.63) is 12.5 Å². The number of rotatable bonds is 4. The van der Waals surface area contributed by atoms with Crippen molar-refractivity contribution in [3.8, 4) is 0 Å². The molecular weight excluding hydrogens is 202 g/mol. The van der Waals surface area contributed by atoms with Crippen LogP contribution < -0.4 is 11.1 Å². The highest BCUT2D eigenvalue weighted by Gasteiger charge is 2.09. The number of nitrogens with two attached hydrogens (primary N) is 1. The summed E-state index contributed by atoms with van der Waals surface area (Å²) in [5.74, 6) is 0.743. The molecule has 0 bridgehead atoms. The Labute approximate surface area is 96.1 Å². The van der Waals surface area contributed by atoms with E-state index in [-0.39, 0.29) is 0 Å². The molecule has 0 aromatic carbocycles. The van der Waals surface area contributed by atoms with Crippen molar-refractivity contribution >= 4 is 11.5 Å². The van der Waals surface area contributed by atoms with Gasteiger partial charge in [0, 0.05) is 13.1 Å². The van der Waals surface area contributed by atoms with Crippen molar-refractivity contribution in [1.29, 1.82) is 0 Å². The molecule has 16 heavy (non-hydrogen) atoms. The molecular formula is C11H19N5. The van der Waals surface area contributed by atoms with Crippen LogP contribution in [0.5, 0.6) is 0 Å². The summed E-state index contributed by atoms with van der Waals surface area (Å²) in [4.78, 5) is 10.4. The first-order chi connectivity index (χ1) is 7.86. The van der Waals surface area contributed by atoms with Crippen LogP contribution in [0.2, 0.25) is 0 Å². The first-order valence-corrected chi connectivity index (χ1v) is 5.88. The number of aromatic nitrogens is 2. The van der Waals surface area contributed by atoms with E-state index in [4.69, 9.17) is 5.73 Å². The maximum absolute atomic E-state index is 5.74. The van der Waals surface area contributed by atoms with Crippen molar-refractivity contribution in [3.63, 3.8) is 0 Å². The Hall–Kier alpha value is -1.36. The topological polar surface area (TPSA) is 67.1 Å². The highest BCUT2D eigenvalue weighted by molar-refractivity contribution is 5.58. The second-order valence-corrected chi connectivity index (χ2v) is 4.16. The fraction of sp³-hybridized carbons (Fsp3) is 0.636. The normalized spacial score (nSPS) is 17.2. The third kappa shape index (κ3) is 3.06. The van der Waals surface area contributed by atoms with E-state index in [0.717, 1.165) is 18.9 Å². The van der Waals surface area contributed by atoms with E-state index in [9.17, 15) is 0 Å². The van der Waals surface area contributed by atoms with Gasteiger partial charge in [0.15, 0.2) is 5.82 Å². The minimum absolute atomic E-state index is 0.612. The molecule has 0 saturated carbocycles. The predicted molar refractivity (Wildman–Crippen MR) is 65.2 cm³/mol. The maximum atomic E-state index is 5.74. The molecule has 0 spiro atoms. The molecule has 3 N–H and O–H groups in total. The van der Waals surface area contributed by atoms with Crippen LogP contribution in [0.25, 0.3) is 0 Å². The molecule has 0 radical (unpaired) electrons. The molecule has 88 valence electrons. The van der Waals surface area contributed by atoms with Crippen LogP contribution in [-0.4, -0.2) is 41.0 Å². The summed E-state index contributed by atoms with van der Waals surface area (Å²) in [7, 11) is 0. The molecule has 2 rings (SSSR count). The monoisotopic (exact) mass is 221 g/mol. The summed E-state index contributed by atoms with van der Waals surface area (Å²) in [5.41, 5.74) is 6.35. The van der Waals surface area contributed by atoms with Gasteiger partial charge >= 0.3 is 0 Å². The standard InChI is InChI=1S/C11H19N5/c12-10-8-13-9-15-11(10)14-4-7-16-5-2-1-3-6-16/h8-9H,1-7,12H2,(H,13,14,15). The Kier molecular flexibility index (Phi) is 3.93.